The number of piperidine rings is 1. The van der Waals surface area contributed by atoms with E-state index in [0.29, 0.717) is 5.92 Å². The molecule has 0 saturated carbocycles. The van der Waals surface area contributed by atoms with Crippen molar-refractivity contribution in [3.63, 3.8) is 0 Å². The maximum Gasteiger partial charge on any atom is 0.320 e. The lowest BCUT2D eigenvalue weighted by Gasteiger charge is -2.37. The van der Waals surface area contributed by atoms with Crippen molar-refractivity contribution in [3.8, 4) is 0 Å². The third kappa shape index (κ3) is 5.11. The minimum atomic E-state index is -0.733. The quantitative estimate of drug-likeness (QED) is 0.744. The van der Waals surface area contributed by atoms with Gasteiger partial charge in [-0.2, -0.15) is 0 Å². The molecular formula is C15H30N2O2. The molecule has 0 amide bonds. The van der Waals surface area contributed by atoms with Crippen LogP contribution in [-0.4, -0.2) is 47.7 Å². The Hall–Kier alpha value is -0.610. The molecule has 1 fully saturated rings. The van der Waals surface area contributed by atoms with Crippen LogP contribution >= 0.6 is 0 Å². The van der Waals surface area contributed by atoms with Gasteiger partial charge in [0, 0.05) is 12.6 Å². The fraction of sp³-hybridized carbons (Fsp3) is 0.933. The van der Waals surface area contributed by atoms with Gasteiger partial charge in [0.1, 0.15) is 6.04 Å². The minimum Gasteiger partial charge on any atom is -0.480 e. The number of hydrogen-bond acceptors (Lipinski definition) is 3. The monoisotopic (exact) mass is 270 g/mol. The van der Waals surface area contributed by atoms with Crippen molar-refractivity contribution in [2.75, 3.05) is 19.6 Å². The van der Waals surface area contributed by atoms with Gasteiger partial charge in [0.15, 0.2) is 0 Å². The van der Waals surface area contributed by atoms with E-state index < -0.39 is 12.0 Å². The van der Waals surface area contributed by atoms with Crippen molar-refractivity contribution in [3.05, 3.63) is 0 Å². The number of nitrogens with zero attached hydrogens (tertiary/aromatic N) is 1. The summed E-state index contributed by atoms with van der Waals surface area (Å²) in [5.41, 5.74) is 0. The van der Waals surface area contributed by atoms with E-state index in [1.54, 1.807) is 0 Å². The van der Waals surface area contributed by atoms with Crippen LogP contribution in [0.4, 0.5) is 0 Å². The van der Waals surface area contributed by atoms with Gasteiger partial charge in [-0.3, -0.25) is 4.79 Å². The maximum atomic E-state index is 11.3. The van der Waals surface area contributed by atoms with Crippen LogP contribution in [0.2, 0.25) is 0 Å². The first kappa shape index (κ1) is 16.4. The predicted octanol–water partition coefficient (Wildman–Crippen LogP) is 2.20. The Morgan fingerprint density at radius 2 is 2.11 bits per heavy atom. The Bertz CT molecular complexity index is 279. The van der Waals surface area contributed by atoms with Gasteiger partial charge in [0.25, 0.3) is 0 Å². The molecule has 4 heteroatoms. The van der Waals surface area contributed by atoms with Crippen molar-refractivity contribution < 1.29 is 9.90 Å². The van der Waals surface area contributed by atoms with Crippen molar-refractivity contribution in [2.24, 2.45) is 11.8 Å². The second-order valence-corrected chi connectivity index (χ2v) is 6.22. The zero-order valence-electron chi connectivity index (χ0n) is 12.9. The highest BCUT2D eigenvalue weighted by Gasteiger charge is 2.29. The topological polar surface area (TPSA) is 52.6 Å². The SMILES string of the molecule is CCCN1CCCC(C(C)NC(C(=O)O)C(C)C)C1. The normalized spacial score (nSPS) is 24.4. The third-order valence-electron chi connectivity index (χ3n) is 4.16. The molecule has 1 aliphatic heterocycles. The Morgan fingerprint density at radius 1 is 1.42 bits per heavy atom. The standard InChI is InChI=1S/C15H30N2O2/c1-5-8-17-9-6-7-13(10-17)12(4)16-14(11(2)3)15(18)19/h11-14,16H,5-10H2,1-4H3,(H,18,19). The molecule has 1 aliphatic rings. The van der Waals surface area contributed by atoms with E-state index in [1.165, 1.54) is 25.8 Å². The summed E-state index contributed by atoms with van der Waals surface area (Å²) in [5.74, 6) is -0.0424. The van der Waals surface area contributed by atoms with Crippen LogP contribution in [-0.2, 0) is 4.79 Å². The molecule has 2 N–H and O–H groups in total. The summed E-state index contributed by atoms with van der Waals surface area (Å²) in [4.78, 5) is 13.8. The molecule has 4 nitrogen and oxygen atoms in total. The van der Waals surface area contributed by atoms with E-state index in [0.717, 1.165) is 13.1 Å². The summed E-state index contributed by atoms with van der Waals surface area (Å²) >= 11 is 0. The van der Waals surface area contributed by atoms with Gasteiger partial charge in [0.2, 0.25) is 0 Å². The smallest absolute Gasteiger partial charge is 0.320 e. The first-order valence-corrected chi connectivity index (χ1v) is 7.66. The molecule has 0 aromatic rings. The van der Waals surface area contributed by atoms with Crippen molar-refractivity contribution in [2.45, 2.75) is 59.0 Å². The number of nitrogens with one attached hydrogen (secondary N) is 1. The van der Waals surface area contributed by atoms with Gasteiger partial charge in [-0.25, -0.2) is 0 Å². The Kier molecular flexibility index (Phi) is 6.80. The molecule has 0 spiro atoms. The van der Waals surface area contributed by atoms with Crippen molar-refractivity contribution in [1.82, 2.24) is 10.2 Å². The lowest BCUT2D eigenvalue weighted by molar-refractivity contribution is -0.141. The van der Waals surface area contributed by atoms with Crippen LogP contribution in [0, 0.1) is 11.8 Å². The van der Waals surface area contributed by atoms with Gasteiger partial charge >= 0.3 is 5.97 Å². The predicted molar refractivity (Wildman–Crippen MR) is 78.3 cm³/mol. The molecule has 0 aromatic heterocycles. The molecule has 0 bridgehead atoms. The lowest BCUT2D eigenvalue weighted by Crippen LogP contribution is -2.51. The van der Waals surface area contributed by atoms with Crippen LogP contribution in [0.5, 0.6) is 0 Å². The van der Waals surface area contributed by atoms with E-state index in [9.17, 15) is 9.90 Å². The number of likely N-dealkylation sites (tertiary alicyclic amines) is 1. The molecule has 19 heavy (non-hydrogen) atoms. The highest BCUT2D eigenvalue weighted by Crippen LogP contribution is 2.21. The van der Waals surface area contributed by atoms with Crippen molar-refractivity contribution >= 4 is 5.97 Å². The summed E-state index contributed by atoms with van der Waals surface area (Å²) in [6.07, 6.45) is 3.63. The van der Waals surface area contributed by atoms with Crippen LogP contribution in [0.15, 0.2) is 0 Å². The summed E-state index contributed by atoms with van der Waals surface area (Å²) in [5, 5.41) is 12.6. The molecular weight excluding hydrogens is 240 g/mol. The summed E-state index contributed by atoms with van der Waals surface area (Å²) in [6, 6.07) is -0.167. The van der Waals surface area contributed by atoms with E-state index in [-0.39, 0.29) is 12.0 Å². The number of rotatable bonds is 7. The van der Waals surface area contributed by atoms with Gasteiger partial charge in [-0.1, -0.05) is 20.8 Å². The number of carboxylic acid groups (broad SMARTS) is 1. The Morgan fingerprint density at radius 3 is 2.63 bits per heavy atom. The lowest BCUT2D eigenvalue weighted by atomic mass is 9.90. The Balaban J connectivity index is 2.51. The fourth-order valence-electron chi connectivity index (χ4n) is 2.99. The van der Waals surface area contributed by atoms with Gasteiger partial charge in [-0.05, 0) is 51.1 Å². The molecule has 3 unspecified atom stereocenters. The van der Waals surface area contributed by atoms with Gasteiger partial charge in [-0.15, -0.1) is 0 Å². The highest BCUT2D eigenvalue weighted by atomic mass is 16.4. The molecule has 0 aliphatic carbocycles. The average molecular weight is 270 g/mol. The number of aliphatic carboxylic acids is 1. The van der Waals surface area contributed by atoms with E-state index in [2.05, 4.69) is 24.1 Å². The number of hydrogen-bond donors (Lipinski definition) is 2. The summed E-state index contributed by atoms with van der Waals surface area (Å²) in [6.45, 7) is 11.7. The van der Waals surface area contributed by atoms with Gasteiger partial charge < -0.3 is 15.3 Å². The molecule has 0 aromatic carbocycles. The second-order valence-electron chi connectivity index (χ2n) is 6.22. The first-order valence-electron chi connectivity index (χ1n) is 7.66. The first-order chi connectivity index (χ1) is 8.95. The molecule has 1 saturated heterocycles. The van der Waals surface area contributed by atoms with E-state index >= 15 is 0 Å². The highest BCUT2D eigenvalue weighted by molar-refractivity contribution is 5.73. The molecule has 112 valence electrons. The minimum absolute atomic E-state index is 0.121. The van der Waals surface area contributed by atoms with Crippen LogP contribution in [0.1, 0.15) is 47.0 Å². The maximum absolute atomic E-state index is 11.3. The molecule has 1 rings (SSSR count). The van der Waals surface area contributed by atoms with E-state index in [1.807, 2.05) is 13.8 Å². The summed E-state index contributed by atoms with van der Waals surface area (Å²) < 4.78 is 0. The number of carbonyl (C=O) groups is 1. The fourth-order valence-corrected chi connectivity index (χ4v) is 2.99. The van der Waals surface area contributed by atoms with Crippen LogP contribution in [0.3, 0.4) is 0 Å². The Labute approximate surface area is 117 Å². The molecule has 0 radical (unpaired) electrons. The largest absolute Gasteiger partial charge is 0.480 e. The second kappa shape index (κ2) is 7.85. The zero-order chi connectivity index (χ0) is 14.4. The molecule has 3 atom stereocenters. The third-order valence-corrected chi connectivity index (χ3v) is 4.16. The van der Waals surface area contributed by atoms with Crippen LogP contribution < -0.4 is 5.32 Å². The van der Waals surface area contributed by atoms with Crippen LogP contribution in [0.25, 0.3) is 0 Å². The summed E-state index contributed by atoms with van der Waals surface area (Å²) in [7, 11) is 0. The average Bonchev–Trinajstić information content (AvgIpc) is 2.35. The van der Waals surface area contributed by atoms with E-state index in [4.69, 9.17) is 0 Å². The molecule has 1 heterocycles. The van der Waals surface area contributed by atoms with Crippen molar-refractivity contribution in [1.29, 1.82) is 0 Å². The zero-order valence-corrected chi connectivity index (χ0v) is 12.9. The number of carboxylic acids is 1. The van der Waals surface area contributed by atoms with Gasteiger partial charge in [0.05, 0.1) is 0 Å².